The molecule has 1 amide bonds. The highest BCUT2D eigenvalue weighted by atomic mass is 16.4. The second kappa shape index (κ2) is 6.86. The number of carbonyl (C=O) groups is 2. The molecule has 1 aromatic heterocycles. The molecule has 2 atom stereocenters. The van der Waals surface area contributed by atoms with Gasteiger partial charge in [-0.05, 0) is 31.7 Å². The Morgan fingerprint density at radius 3 is 2.71 bits per heavy atom. The number of benzene rings is 1. The minimum Gasteiger partial charge on any atom is -0.480 e. The third-order valence-corrected chi connectivity index (χ3v) is 4.55. The van der Waals surface area contributed by atoms with Gasteiger partial charge in [0.05, 0.1) is 17.8 Å². The van der Waals surface area contributed by atoms with Crippen LogP contribution in [-0.2, 0) is 4.79 Å². The van der Waals surface area contributed by atoms with E-state index in [0.717, 1.165) is 24.8 Å². The Morgan fingerprint density at radius 1 is 1.25 bits per heavy atom. The predicted octanol–water partition coefficient (Wildman–Crippen LogP) is 2.90. The van der Waals surface area contributed by atoms with Crippen LogP contribution < -0.4 is 0 Å². The van der Waals surface area contributed by atoms with E-state index in [1.807, 2.05) is 35.2 Å². The van der Waals surface area contributed by atoms with Crippen molar-refractivity contribution in [3.63, 3.8) is 0 Å². The number of amides is 1. The molecule has 6 nitrogen and oxygen atoms in total. The molecule has 2 unspecified atom stereocenters. The molecule has 1 aliphatic rings. The summed E-state index contributed by atoms with van der Waals surface area (Å²) in [6.07, 6.45) is 6.00. The first kappa shape index (κ1) is 16.2. The molecule has 2 heterocycles. The van der Waals surface area contributed by atoms with Gasteiger partial charge >= 0.3 is 5.97 Å². The third-order valence-electron chi connectivity index (χ3n) is 4.55. The third kappa shape index (κ3) is 3.18. The van der Waals surface area contributed by atoms with Crippen LogP contribution in [0.25, 0.3) is 0 Å². The van der Waals surface area contributed by atoms with Gasteiger partial charge in [0.1, 0.15) is 6.04 Å². The molecule has 0 aliphatic carbocycles. The molecular formula is C18H21N3O3. The summed E-state index contributed by atoms with van der Waals surface area (Å²) in [7, 11) is 0. The lowest BCUT2D eigenvalue weighted by atomic mass is 9.95. The van der Waals surface area contributed by atoms with Crippen molar-refractivity contribution in [2.75, 3.05) is 6.54 Å². The molecule has 1 aliphatic heterocycles. The van der Waals surface area contributed by atoms with E-state index in [9.17, 15) is 9.59 Å². The molecular weight excluding hydrogens is 306 g/mol. The summed E-state index contributed by atoms with van der Waals surface area (Å²) in [6.45, 7) is 2.25. The van der Waals surface area contributed by atoms with Crippen LogP contribution in [-0.4, -0.2) is 38.2 Å². The molecule has 0 spiro atoms. The molecule has 1 N–H and O–H groups in total. The first-order chi connectivity index (χ1) is 11.6. The maximum Gasteiger partial charge on any atom is 0.328 e. The van der Waals surface area contributed by atoms with Gasteiger partial charge in [0.15, 0.2) is 0 Å². The van der Waals surface area contributed by atoms with E-state index in [-0.39, 0.29) is 11.9 Å². The van der Waals surface area contributed by atoms with Crippen LogP contribution in [0.1, 0.15) is 54.2 Å². The smallest absolute Gasteiger partial charge is 0.328 e. The zero-order valence-corrected chi connectivity index (χ0v) is 13.6. The minimum atomic E-state index is -0.975. The van der Waals surface area contributed by atoms with Crippen LogP contribution in [0.5, 0.6) is 0 Å². The van der Waals surface area contributed by atoms with Crippen molar-refractivity contribution < 1.29 is 14.7 Å². The summed E-state index contributed by atoms with van der Waals surface area (Å²) >= 11 is 0. The molecule has 126 valence electrons. The average Bonchev–Trinajstić information content (AvgIpc) is 3.11. The zero-order chi connectivity index (χ0) is 17.1. The topological polar surface area (TPSA) is 75.4 Å². The summed E-state index contributed by atoms with van der Waals surface area (Å²) in [5.74, 6) is -1.07. The number of carboxylic acids is 1. The van der Waals surface area contributed by atoms with Crippen LogP contribution >= 0.6 is 0 Å². The van der Waals surface area contributed by atoms with E-state index in [4.69, 9.17) is 5.11 Å². The number of hydrogen-bond donors (Lipinski definition) is 1. The van der Waals surface area contributed by atoms with Crippen LogP contribution in [0.3, 0.4) is 0 Å². The zero-order valence-electron chi connectivity index (χ0n) is 13.6. The largest absolute Gasteiger partial charge is 0.480 e. The lowest BCUT2D eigenvalue weighted by Gasteiger charge is -2.36. The van der Waals surface area contributed by atoms with Crippen molar-refractivity contribution in [1.82, 2.24) is 14.7 Å². The van der Waals surface area contributed by atoms with E-state index in [0.29, 0.717) is 12.1 Å². The Kier molecular flexibility index (Phi) is 4.64. The summed E-state index contributed by atoms with van der Waals surface area (Å²) in [5, 5.41) is 13.1. The van der Waals surface area contributed by atoms with Gasteiger partial charge in [0.2, 0.25) is 0 Å². The number of aliphatic carboxylic acids is 1. The lowest BCUT2D eigenvalue weighted by Crippen LogP contribution is -2.38. The van der Waals surface area contributed by atoms with Gasteiger partial charge in [0.25, 0.3) is 5.91 Å². The monoisotopic (exact) mass is 327 g/mol. The van der Waals surface area contributed by atoms with E-state index in [1.165, 1.54) is 24.0 Å². The number of carboxylic acid groups (broad SMARTS) is 1. The van der Waals surface area contributed by atoms with Crippen molar-refractivity contribution in [2.24, 2.45) is 0 Å². The number of piperidine rings is 1. The van der Waals surface area contributed by atoms with Crippen molar-refractivity contribution in [1.29, 1.82) is 0 Å². The fourth-order valence-corrected chi connectivity index (χ4v) is 3.14. The molecule has 3 rings (SSSR count). The van der Waals surface area contributed by atoms with E-state index >= 15 is 0 Å². The number of likely N-dealkylation sites (tertiary alicyclic amines) is 1. The number of rotatable bonds is 4. The van der Waals surface area contributed by atoms with Gasteiger partial charge in [-0.15, -0.1) is 0 Å². The van der Waals surface area contributed by atoms with Gasteiger partial charge in [-0.2, -0.15) is 5.10 Å². The molecule has 0 bridgehead atoms. The minimum absolute atomic E-state index is 0.0627. The quantitative estimate of drug-likeness (QED) is 0.937. The first-order valence-electron chi connectivity index (χ1n) is 8.21. The molecule has 2 aromatic rings. The Hall–Kier alpha value is -2.63. The highest BCUT2D eigenvalue weighted by Crippen LogP contribution is 2.32. The Labute approximate surface area is 140 Å². The summed E-state index contributed by atoms with van der Waals surface area (Å²) in [6, 6.07) is 9.30. The van der Waals surface area contributed by atoms with Crippen molar-refractivity contribution in [3.8, 4) is 0 Å². The van der Waals surface area contributed by atoms with Gasteiger partial charge < -0.3 is 10.0 Å². The van der Waals surface area contributed by atoms with Crippen molar-refractivity contribution in [3.05, 3.63) is 53.9 Å². The molecule has 0 saturated carbocycles. The normalized spacial score (nSPS) is 19.0. The van der Waals surface area contributed by atoms with Crippen LogP contribution in [0.15, 0.2) is 42.7 Å². The maximum absolute atomic E-state index is 12.9. The van der Waals surface area contributed by atoms with Crippen LogP contribution in [0, 0.1) is 0 Å². The molecule has 1 fully saturated rings. The fraction of sp³-hybridized carbons (Fsp3) is 0.389. The standard InChI is InChI=1S/C18H21N3O3/c1-13(18(23)24)21-12-15(11-19-21)17(22)20-10-6-5-9-16(20)14-7-3-2-4-8-14/h2-4,7-8,11-13,16H,5-6,9-10H2,1H3,(H,23,24). The van der Waals surface area contributed by atoms with Crippen molar-refractivity contribution >= 4 is 11.9 Å². The second-order valence-electron chi connectivity index (χ2n) is 6.14. The highest BCUT2D eigenvalue weighted by molar-refractivity contribution is 5.94. The number of aromatic nitrogens is 2. The number of carbonyl (C=O) groups excluding carboxylic acids is 1. The van der Waals surface area contributed by atoms with Crippen LogP contribution in [0.2, 0.25) is 0 Å². The Morgan fingerprint density at radius 2 is 2.00 bits per heavy atom. The van der Waals surface area contributed by atoms with E-state index in [1.54, 1.807) is 0 Å². The first-order valence-corrected chi connectivity index (χ1v) is 8.21. The molecule has 6 heteroatoms. The summed E-state index contributed by atoms with van der Waals surface area (Å²) in [5.41, 5.74) is 1.57. The number of nitrogens with zero attached hydrogens (tertiary/aromatic N) is 3. The van der Waals surface area contributed by atoms with Gasteiger partial charge in [-0.3, -0.25) is 9.48 Å². The number of hydrogen-bond acceptors (Lipinski definition) is 3. The molecule has 24 heavy (non-hydrogen) atoms. The maximum atomic E-state index is 12.9. The summed E-state index contributed by atoms with van der Waals surface area (Å²) in [4.78, 5) is 25.9. The van der Waals surface area contributed by atoms with Crippen LogP contribution in [0.4, 0.5) is 0 Å². The average molecular weight is 327 g/mol. The lowest BCUT2D eigenvalue weighted by molar-refractivity contribution is -0.140. The van der Waals surface area contributed by atoms with Gasteiger partial charge in [-0.25, -0.2) is 4.79 Å². The summed E-state index contributed by atoms with van der Waals surface area (Å²) < 4.78 is 1.32. The molecule has 0 radical (unpaired) electrons. The molecule has 1 saturated heterocycles. The predicted molar refractivity (Wildman–Crippen MR) is 88.6 cm³/mol. The SMILES string of the molecule is CC(C(=O)O)n1cc(C(=O)N2CCCCC2c2ccccc2)cn1. The molecule has 1 aromatic carbocycles. The van der Waals surface area contributed by atoms with E-state index < -0.39 is 12.0 Å². The van der Waals surface area contributed by atoms with E-state index in [2.05, 4.69) is 5.10 Å². The fourth-order valence-electron chi connectivity index (χ4n) is 3.14. The van der Waals surface area contributed by atoms with Crippen molar-refractivity contribution in [2.45, 2.75) is 38.3 Å². The highest BCUT2D eigenvalue weighted by Gasteiger charge is 2.29. The van der Waals surface area contributed by atoms with Gasteiger partial charge in [0, 0.05) is 12.7 Å². The van der Waals surface area contributed by atoms with Gasteiger partial charge in [-0.1, -0.05) is 30.3 Å². The second-order valence-corrected chi connectivity index (χ2v) is 6.14. The Bertz CT molecular complexity index is 726. The Balaban J connectivity index is 1.83.